The average molecular weight is 289 g/mol. The van der Waals surface area contributed by atoms with Gasteiger partial charge in [0.2, 0.25) is 0 Å². The SMILES string of the molecule is CNC(c1cc(OC)cs1)c1cccc2ccsc12. The van der Waals surface area contributed by atoms with Crippen LogP contribution in [0.25, 0.3) is 10.1 Å². The van der Waals surface area contributed by atoms with Crippen LogP contribution in [0, 0.1) is 0 Å². The molecular weight excluding hydrogens is 274 g/mol. The maximum absolute atomic E-state index is 5.28. The standard InChI is InChI=1S/C15H15NOS2/c1-16-14(13-8-11(17-2)9-19-13)12-5-3-4-10-6-7-18-15(10)12/h3-9,14,16H,1-2H3. The van der Waals surface area contributed by atoms with E-state index in [0.29, 0.717) is 0 Å². The molecule has 0 aliphatic heterocycles. The van der Waals surface area contributed by atoms with Gasteiger partial charge in [-0.3, -0.25) is 0 Å². The second-order valence-corrected chi connectivity index (χ2v) is 6.16. The minimum absolute atomic E-state index is 0.219. The predicted molar refractivity (Wildman–Crippen MR) is 83.6 cm³/mol. The van der Waals surface area contributed by atoms with Gasteiger partial charge in [-0.25, -0.2) is 0 Å². The molecule has 0 saturated heterocycles. The van der Waals surface area contributed by atoms with Crippen molar-refractivity contribution >= 4 is 32.8 Å². The van der Waals surface area contributed by atoms with E-state index in [4.69, 9.17) is 4.74 Å². The largest absolute Gasteiger partial charge is 0.496 e. The highest BCUT2D eigenvalue weighted by molar-refractivity contribution is 7.17. The first-order valence-corrected chi connectivity index (χ1v) is 7.85. The van der Waals surface area contributed by atoms with E-state index in [1.807, 2.05) is 12.4 Å². The molecule has 2 nitrogen and oxygen atoms in total. The van der Waals surface area contributed by atoms with Gasteiger partial charge in [0.05, 0.1) is 13.2 Å². The number of rotatable bonds is 4. The first-order valence-electron chi connectivity index (χ1n) is 6.09. The van der Waals surface area contributed by atoms with Crippen molar-refractivity contribution in [3.63, 3.8) is 0 Å². The molecule has 98 valence electrons. The van der Waals surface area contributed by atoms with Gasteiger partial charge in [0.25, 0.3) is 0 Å². The van der Waals surface area contributed by atoms with Crippen LogP contribution in [-0.2, 0) is 0 Å². The molecule has 0 amide bonds. The number of benzene rings is 1. The van der Waals surface area contributed by atoms with Gasteiger partial charge in [-0.2, -0.15) is 0 Å². The van der Waals surface area contributed by atoms with E-state index in [2.05, 4.69) is 41.0 Å². The van der Waals surface area contributed by atoms with Crippen molar-refractivity contribution in [3.05, 3.63) is 51.5 Å². The molecule has 0 bridgehead atoms. The zero-order chi connectivity index (χ0) is 13.2. The lowest BCUT2D eigenvalue weighted by Crippen LogP contribution is -2.16. The van der Waals surface area contributed by atoms with Crippen molar-refractivity contribution in [1.29, 1.82) is 0 Å². The van der Waals surface area contributed by atoms with E-state index < -0.39 is 0 Å². The number of thiophene rings is 2. The fraction of sp³-hybridized carbons (Fsp3) is 0.200. The van der Waals surface area contributed by atoms with Crippen molar-refractivity contribution in [1.82, 2.24) is 5.32 Å². The summed E-state index contributed by atoms with van der Waals surface area (Å²) >= 11 is 3.53. The quantitative estimate of drug-likeness (QED) is 0.774. The molecule has 19 heavy (non-hydrogen) atoms. The molecule has 2 heterocycles. The molecule has 1 aromatic carbocycles. The predicted octanol–water partition coefficient (Wildman–Crippen LogP) is 4.28. The number of nitrogens with one attached hydrogen (secondary N) is 1. The monoisotopic (exact) mass is 289 g/mol. The fourth-order valence-corrected chi connectivity index (χ4v) is 4.21. The minimum atomic E-state index is 0.219. The molecule has 1 atom stereocenters. The molecule has 3 rings (SSSR count). The van der Waals surface area contributed by atoms with Crippen LogP contribution in [0.2, 0.25) is 0 Å². The van der Waals surface area contributed by atoms with E-state index in [-0.39, 0.29) is 6.04 Å². The number of ether oxygens (including phenoxy) is 1. The van der Waals surface area contributed by atoms with Gasteiger partial charge in [-0.05, 0) is 35.5 Å². The summed E-state index contributed by atoms with van der Waals surface area (Å²) in [5.74, 6) is 0.929. The van der Waals surface area contributed by atoms with E-state index in [9.17, 15) is 0 Å². The van der Waals surface area contributed by atoms with Gasteiger partial charge in [0, 0.05) is 15.0 Å². The highest BCUT2D eigenvalue weighted by Crippen LogP contribution is 2.35. The summed E-state index contributed by atoms with van der Waals surface area (Å²) in [6.45, 7) is 0. The summed E-state index contributed by atoms with van der Waals surface area (Å²) in [6, 6.07) is 11.0. The first-order chi connectivity index (χ1) is 9.33. The van der Waals surface area contributed by atoms with Crippen LogP contribution >= 0.6 is 22.7 Å². The third-order valence-electron chi connectivity index (χ3n) is 3.23. The van der Waals surface area contributed by atoms with Gasteiger partial charge < -0.3 is 10.1 Å². The van der Waals surface area contributed by atoms with Gasteiger partial charge in [-0.1, -0.05) is 18.2 Å². The Kier molecular flexibility index (Phi) is 3.55. The highest BCUT2D eigenvalue weighted by atomic mass is 32.1. The Bertz CT molecular complexity index is 686. The molecule has 1 unspecified atom stereocenters. The van der Waals surface area contributed by atoms with Crippen LogP contribution in [0.3, 0.4) is 0 Å². The molecule has 4 heteroatoms. The van der Waals surface area contributed by atoms with Crippen molar-refractivity contribution in [2.45, 2.75) is 6.04 Å². The smallest absolute Gasteiger partial charge is 0.129 e. The van der Waals surface area contributed by atoms with Crippen LogP contribution in [0.5, 0.6) is 5.75 Å². The Morgan fingerprint density at radius 1 is 1.21 bits per heavy atom. The summed E-state index contributed by atoms with van der Waals surface area (Å²) < 4.78 is 6.64. The Hall–Kier alpha value is -1.36. The zero-order valence-electron chi connectivity index (χ0n) is 10.8. The van der Waals surface area contributed by atoms with Crippen LogP contribution in [0.4, 0.5) is 0 Å². The summed E-state index contributed by atoms with van der Waals surface area (Å²) in [5, 5.41) is 8.93. The Morgan fingerprint density at radius 2 is 2.11 bits per heavy atom. The molecule has 0 aliphatic rings. The second kappa shape index (κ2) is 5.33. The van der Waals surface area contributed by atoms with Gasteiger partial charge in [-0.15, -0.1) is 22.7 Å². The van der Waals surface area contributed by atoms with Crippen LogP contribution in [-0.4, -0.2) is 14.2 Å². The van der Waals surface area contributed by atoms with Crippen molar-refractivity contribution in [2.24, 2.45) is 0 Å². The zero-order valence-corrected chi connectivity index (χ0v) is 12.5. The number of methoxy groups -OCH3 is 1. The molecule has 2 aromatic heterocycles. The fourth-order valence-electron chi connectivity index (χ4n) is 2.29. The Morgan fingerprint density at radius 3 is 2.84 bits per heavy atom. The summed E-state index contributed by atoms with van der Waals surface area (Å²) in [7, 11) is 3.71. The lowest BCUT2D eigenvalue weighted by molar-refractivity contribution is 0.416. The average Bonchev–Trinajstić information content (AvgIpc) is 3.08. The van der Waals surface area contributed by atoms with E-state index >= 15 is 0 Å². The van der Waals surface area contributed by atoms with Crippen LogP contribution < -0.4 is 10.1 Å². The van der Waals surface area contributed by atoms with Crippen molar-refractivity contribution in [2.75, 3.05) is 14.2 Å². The van der Waals surface area contributed by atoms with Gasteiger partial charge >= 0.3 is 0 Å². The third-order valence-corrected chi connectivity index (χ3v) is 5.18. The van der Waals surface area contributed by atoms with Crippen molar-refractivity contribution in [3.8, 4) is 5.75 Å². The molecular formula is C15H15NOS2. The first kappa shape index (κ1) is 12.7. The van der Waals surface area contributed by atoms with E-state index in [1.165, 1.54) is 20.5 Å². The summed E-state index contributed by atoms with van der Waals surface area (Å²) in [6.07, 6.45) is 0. The second-order valence-electron chi connectivity index (χ2n) is 4.30. The molecule has 1 N–H and O–H groups in total. The number of hydrogen-bond donors (Lipinski definition) is 1. The molecule has 0 radical (unpaired) electrons. The maximum Gasteiger partial charge on any atom is 0.129 e. The number of hydrogen-bond acceptors (Lipinski definition) is 4. The van der Waals surface area contributed by atoms with Crippen molar-refractivity contribution < 1.29 is 4.74 Å². The van der Waals surface area contributed by atoms with E-state index in [0.717, 1.165) is 5.75 Å². The van der Waals surface area contributed by atoms with Crippen LogP contribution in [0.15, 0.2) is 41.1 Å². The highest BCUT2D eigenvalue weighted by Gasteiger charge is 2.17. The van der Waals surface area contributed by atoms with Gasteiger partial charge in [0.1, 0.15) is 5.75 Å². The molecule has 0 fully saturated rings. The molecule has 0 saturated carbocycles. The maximum atomic E-state index is 5.28. The summed E-state index contributed by atoms with van der Waals surface area (Å²) in [4.78, 5) is 1.28. The molecule has 3 aromatic rings. The topological polar surface area (TPSA) is 21.3 Å². The minimum Gasteiger partial charge on any atom is -0.496 e. The molecule has 0 aliphatic carbocycles. The Labute approximate surface area is 120 Å². The van der Waals surface area contributed by atoms with E-state index in [1.54, 1.807) is 29.8 Å². The molecule has 0 spiro atoms. The van der Waals surface area contributed by atoms with Crippen LogP contribution in [0.1, 0.15) is 16.5 Å². The van der Waals surface area contributed by atoms with Gasteiger partial charge in [0.15, 0.2) is 0 Å². The number of fused-ring (bicyclic) bond motifs is 1. The lowest BCUT2D eigenvalue weighted by Gasteiger charge is -2.15. The normalized spacial score (nSPS) is 12.7. The Balaban J connectivity index is 2.09. The summed E-state index contributed by atoms with van der Waals surface area (Å²) in [5.41, 5.74) is 1.33. The lowest BCUT2D eigenvalue weighted by atomic mass is 10.0. The third kappa shape index (κ3) is 2.27.